The molecule has 1 nitrogen and oxygen atoms in total. The Hall–Kier alpha value is -0.760. The molecule has 0 amide bonds. The Balaban J connectivity index is 3.05. The number of hydrogen-bond donors (Lipinski definition) is 1. The SMILES string of the molecule is Cc1cc(O)c(F)cc1CCCl. The van der Waals surface area contributed by atoms with E-state index in [-0.39, 0.29) is 5.75 Å². The third kappa shape index (κ3) is 1.89. The van der Waals surface area contributed by atoms with Gasteiger partial charge in [0.2, 0.25) is 0 Å². The van der Waals surface area contributed by atoms with Crippen molar-refractivity contribution in [2.75, 3.05) is 5.88 Å². The minimum absolute atomic E-state index is 0.300. The van der Waals surface area contributed by atoms with Gasteiger partial charge in [0.15, 0.2) is 11.6 Å². The van der Waals surface area contributed by atoms with Crippen LogP contribution in [0, 0.1) is 12.7 Å². The van der Waals surface area contributed by atoms with Crippen molar-refractivity contribution in [3.05, 3.63) is 29.1 Å². The van der Waals surface area contributed by atoms with Gasteiger partial charge in [0.05, 0.1) is 0 Å². The molecular formula is C9H10ClFO. The quantitative estimate of drug-likeness (QED) is 0.708. The van der Waals surface area contributed by atoms with Crippen LogP contribution in [-0.2, 0) is 6.42 Å². The molecule has 0 spiro atoms. The fraction of sp³-hybridized carbons (Fsp3) is 0.333. The molecule has 1 rings (SSSR count). The maximum absolute atomic E-state index is 12.8. The van der Waals surface area contributed by atoms with Gasteiger partial charge in [0.1, 0.15) is 0 Å². The molecule has 0 aliphatic heterocycles. The average molecular weight is 189 g/mol. The molecule has 0 unspecified atom stereocenters. The number of benzene rings is 1. The smallest absolute Gasteiger partial charge is 0.165 e. The van der Waals surface area contributed by atoms with Gasteiger partial charge < -0.3 is 5.11 Å². The van der Waals surface area contributed by atoms with E-state index < -0.39 is 5.82 Å². The highest BCUT2D eigenvalue weighted by atomic mass is 35.5. The Morgan fingerprint density at radius 2 is 2.17 bits per heavy atom. The topological polar surface area (TPSA) is 20.2 Å². The number of halogens is 2. The average Bonchev–Trinajstić information content (AvgIpc) is 2.01. The lowest BCUT2D eigenvalue weighted by Gasteiger charge is -2.04. The van der Waals surface area contributed by atoms with E-state index >= 15 is 0 Å². The molecule has 0 bridgehead atoms. The summed E-state index contributed by atoms with van der Waals surface area (Å²) in [6, 6.07) is 2.74. The van der Waals surface area contributed by atoms with E-state index in [1.165, 1.54) is 12.1 Å². The van der Waals surface area contributed by atoms with Crippen molar-refractivity contribution in [2.24, 2.45) is 0 Å². The molecule has 1 aromatic rings. The first-order chi connectivity index (χ1) is 5.65. The third-order valence-electron chi connectivity index (χ3n) is 1.77. The number of aromatic hydroxyl groups is 1. The Morgan fingerprint density at radius 3 is 2.75 bits per heavy atom. The van der Waals surface area contributed by atoms with Crippen molar-refractivity contribution >= 4 is 11.6 Å². The second-order valence-electron chi connectivity index (χ2n) is 2.67. The van der Waals surface area contributed by atoms with Gasteiger partial charge in [-0.1, -0.05) is 0 Å². The van der Waals surface area contributed by atoms with Crippen LogP contribution in [0.25, 0.3) is 0 Å². The van der Waals surface area contributed by atoms with Crippen LogP contribution in [0.4, 0.5) is 4.39 Å². The lowest BCUT2D eigenvalue weighted by molar-refractivity contribution is 0.431. The third-order valence-corrected chi connectivity index (χ3v) is 1.96. The second kappa shape index (κ2) is 3.76. The largest absolute Gasteiger partial charge is 0.505 e. The van der Waals surface area contributed by atoms with Crippen LogP contribution in [0.1, 0.15) is 11.1 Å². The van der Waals surface area contributed by atoms with Crippen LogP contribution in [0.15, 0.2) is 12.1 Å². The summed E-state index contributed by atoms with van der Waals surface area (Å²) >= 11 is 5.52. The molecule has 66 valence electrons. The molecule has 0 saturated carbocycles. The summed E-state index contributed by atoms with van der Waals surface area (Å²) in [6.07, 6.45) is 0.630. The first-order valence-electron chi connectivity index (χ1n) is 3.69. The Kier molecular flexibility index (Phi) is 2.93. The van der Waals surface area contributed by atoms with Crippen LogP contribution in [0.5, 0.6) is 5.75 Å². The standard InChI is InChI=1S/C9H10ClFO/c1-6-4-9(12)8(11)5-7(6)2-3-10/h4-5,12H,2-3H2,1H3. The van der Waals surface area contributed by atoms with E-state index in [1.807, 2.05) is 6.92 Å². The first kappa shape index (κ1) is 9.33. The summed E-state index contributed by atoms with van der Waals surface area (Å²) in [5, 5.41) is 8.98. The zero-order valence-electron chi connectivity index (χ0n) is 6.77. The van der Waals surface area contributed by atoms with E-state index in [9.17, 15) is 4.39 Å². The summed E-state index contributed by atoms with van der Waals surface area (Å²) in [4.78, 5) is 0. The summed E-state index contributed by atoms with van der Waals surface area (Å²) in [5.41, 5.74) is 1.72. The van der Waals surface area contributed by atoms with Crippen LogP contribution < -0.4 is 0 Å². The molecule has 0 aromatic heterocycles. The van der Waals surface area contributed by atoms with Gasteiger partial charge >= 0.3 is 0 Å². The van der Waals surface area contributed by atoms with Gasteiger partial charge in [-0.2, -0.15) is 0 Å². The lowest BCUT2D eigenvalue weighted by Crippen LogP contribution is -1.92. The summed E-state index contributed by atoms with van der Waals surface area (Å²) < 4.78 is 12.8. The highest BCUT2D eigenvalue weighted by Gasteiger charge is 2.04. The Morgan fingerprint density at radius 1 is 1.50 bits per heavy atom. The predicted octanol–water partition coefficient (Wildman–Crippen LogP) is 2.62. The van der Waals surface area contributed by atoms with Crippen molar-refractivity contribution in [1.82, 2.24) is 0 Å². The fourth-order valence-corrected chi connectivity index (χ4v) is 1.28. The Bertz CT molecular complexity index is 286. The van der Waals surface area contributed by atoms with Gasteiger partial charge in [-0.3, -0.25) is 0 Å². The van der Waals surface area contributed by atoms with E-state index in [1.54, 1.807) is 0 Å². The van der Waals surface area contributed by atoms with Crippen molar-refractivity contribution in [2.45, 2.75) is 13.3 Å². The van der Waals surface area contributed by atoms with Crippen LogP contribution >= 0.6 is 11.6 Å². The van der Waals surface area contributed by atoms with Gasteiger partial charge in [-0.25, -0.2) is 4.39 Å². The van der Waals surface area contributed by atoms with Crippen LogP contribution in [-0.4, -0.2) is 11.0 Å². The lowest BCUT2D eigenvalue weighted by atomic mass is 10.1. The fourth-order valence-electron chi connectivity index (χ4n) is 1.08. The normalized spacial score (nSPS) is 10.2. The monoisotopic (exact) mass is 188 g/mol. The van der Waals surface area contributed by atoms with Gasteiger partial charge in [-0.15, -0.1) is 11.6 Å². The van der Waals surface area contributed by atoms with Crippen molar-refractivity contribution < 1.29 is 9.50 Å². The molecule has 0 heterocycles. The van der Waals surface area contributed by atoms with Crippen molar-refractivity contribution in [3.8, 4) is 5.75 Å². The summed E-state index contributed by atoms with van der Waals surface area (Å²) in [6.45, 7) is 1.82. The van der Waals surface area contributed by atoms with Gasteiger partial charge in [0, 0.05) is 5.88 Å². The van der Waals surface area contributed by atoms with E-state index in [0.717, 1.165) is 11.1 Å². The molecule has 0 saturated heterocycles. The maximum atomic E-state index is 12.8. The first-order valence-corrected chi connectivity index (χ1v) is 4.22. The number of phenols is 1. The van der Waals surface area contributed by atoms with Crippen LogP contribution in [0.2, 0.25) is 0 Å². The van der Waals surface area contributed by atoms with Crippen molar-refractivity contribution in [3.63, 3.8) is 0 Å². The predicted molar refractivity (Wildman–Crippen MR) is 47.2 cm³/mol. The minimum Gasteiger partial charge on any atom is -0.505 e. The highest BCUT2D eigenvalue weighted by molar-refractivity contribution is 6.18. The minimum atomic E-state index is -0.583. The number of aryl methyl sites for hydroxylation is 2. The van der Waals surface area contributed by atoms with E-state index in [4.69, 9.17) is 16.7 Å². The molecule has 1 N–H and O–H groups in total. The van der Waals surface area contributed by atoms with E-state index in [2.05, 4.69) is 0 Å². The van der Waals surface area contributed by atoms with Crippen LogP contribution in [0.3, 0.4) is 0 Å². The Labute approximate surface area is 75.8 Å². The van der Waals surface area contributed by atoms with Crippen molar-refractivity contribution in [1.29, 1.82) is 0 Å². The molecular weight excluding hydrogens is 179 g/mol. The van der Waals surface area contributed by atoms with E-state index in [0.29, 0.717) is 12.3 Å². The molecule has 0 aliphatic rings. The maximum Gasteiger partial charge on any atom is 0.165 e. The zero-order chi connectivity index (χ0) is 9.14. The summed E-state index contributed by atoms with van der Waals surface area (Å²) in [5.74, 6) is -0.419. The molecule has 12 heavy (non-hydrogen) atoms. The summed E-state index contributed by atoms with van der Waals surface area (Å²) in [7, 11) is 0. The molecule has 0 radical (unpaired) electrons. The molecule has 0 atom stereocenters. The van der Waals surface area contributed by atoms with Gasteiger partial charge in [-0.05, 0) is 36.6 Å². The number of phenolic OH excluding ortho intramolecular Hbond substituents is 1. The zero-order valence-corrected chi connectivity index (χ0v) is 7.53. The molecule has 3 heteroatoms. The number of rotatable bonds is 2. The molecule has 0 aliphatic carbocycles. The molecule has 0 fully saturated rings. The number of hydrogen-bond acceptors (Lipinski definition) is 1. The van der Waals surface area contributed by atoms with Gasteiger partial charge in [0.25, 0.3) is 0 Å². The molecule has 1 aromatic carbocycles. The number of alkyl halides is 1. The highest BCUT2D eigenvalue weighted by Crippen LogP contribution is 2.20. The second-order valence-corrected chi connectivity index (χ2v) is 3.05.